The molecule has 0 aliphatic carbocycles. The maximum absolute atomic E-state index is 13.6. The summed E-state index contributed by atoms with van der Waals surface area (Å²) in [6.45, 7) is 17.7. The van der Waals surface area contributed by atoms with Crippen molar-refractivity contribution >= 4 is 50.4 Å². The predicted octanol–water partition coefficient (Wildman–Crippen LogP) is 2.40. The number of ketones is 1. The van der Waals surface area contributed by atoms with Crippen LogP contribution in [0.5, 0.6) is 0 Å². The number of nitrogens with zero attached hydrogens (tertiary/aromatic N) is 3. The lowest BCUT2D eigenvalue weighted by molar-refractivity contribution is -0.137. The standard InChI is InChI=1S/C46H74N7O13P/c1-34(2)44(50-41(55)15-20-60-22-24-62-26-28-64-30-31-65-29-27-63-25-23-61-21-19-53-42(56)13-14-43(53)57)40(54)32-38(8-7-16-48-46(47)59)45(58)49-39-11-9-37(10-12-39)33-66-35(3)51(5)17-18-52(6)36(4)67/h9-14,34,38,44H,3-4,7-8,15-33,67H2,1-2,5-6H3,(H,49,58)(H,50,55)(H3,47,48,59)/t38-,44+/m1/s1. The van der Waals surface area contributed by atoms with E-state index in [4.69, 9.17) is 38.9 Å². The van der Waals surface area contributed by atoms with Crippen LogP contribution in [-0.2, 0) is 63.7 Å². The fourth-order valence-electron chi connectivity index (χ4n) is 6.07. The number of nitrogens with one attached hydrogen (secondary N) is 3. The van der Waals surface area contributed by atoms with Gasteiger partial charge in [0.05, 0.1) is 91.9 Å². The number of hydrogen-bond acceptors (Lipinski definition) is 15. The van der Waals surface area contributed by atoms with Crippen LogP contribution in [0.15, 0.2) is 60.9 Å². The molecule has 3 atom stereocenters. The maximum Gasteiger partial charge on any atom is 0.312 e. The molecule has 1 aromatic rings. The van der Waals surface area contributed by atoms with E-state index in [9.17, 15) is 28.8 Å². The van der Waals surface area contributed by atoms with E-state index in [0.717, 1.165) is 22.4 Å². The number of anilines is 1. The third-order valence-corrected chi connectivity index (χ3v) is 10.6. The van der Waals surface area contributed by atoms with E-state index in [2.05, 4.69) is 38.3 Å². The summed E-state index contributed by atoms with van der Waals surface area (Å²) in [6.07, 6.45) is 3.08. The molecule has 67 heavy (non-hydrogen) atoms. The molecule has 6 amide bonds. The second kappa shape index (κ2) is 34.4. The van der Waals surface area contributed by atoms with Crippen LogP contribution in [0.4, 0.5) is 10.5 Å². The highest BCUT2D eigenvalue weighted by molar-refractivity contribution is 7.22. The van der Waals surface area contributed by atoms with Gasteiger partial charge in [0.2, 0.25) is 11.8 Å². The Morgan fingerprint density at radius 1 is 0.761 bits per heavy atom. The highest BCUT2D eigenvalue weighted by atomic mass is 31.0. The van der Waals surface area contributed by atoms with Crippen LogP contribution in [0.1, 0.15) is 45.1 Å². The number of hydrogen-bond donors (Lipinski definition) is 4. The molecule has 376 valence electrons. The Kier molecular flexibility index (Phi) is 29.8. The molecule has 5 N–H and O–H groups in total. The van der Waals surface area contributed by atoms with E-state index < -0.39 is 18.0 Å². The van der Waals surface area contributed by atoms with Gasteiger partial charge in [-0.25, -0.2) is 4.79 Å². The molecule has 0 aromatic heterocycles. The van der Waals surface area contributed by atoms with Crippen LogP contribution in [0.3, 0.4) is 0 Å². The van der Waals surface area contributed by atoms with Gasteiger partial charge >= 0.3 is 6.03 Å². The Morgan fingerprint density at radius 2 is 1.27 bits per heavy atom. The number of benzene rings is 1. The van der Waals surface area contributed by atoms with Crippen molar-refractivity contribution in [1.29, 1.82) is 0 Å². The van der Waals surface area contributed by atoms with Crippen molar-refractivity contribution in [3.63, 3.8) is 0 Å². The number of likely N-dealkylation sites (N-methyl/N-ethyl adjacent to an activating group) is 2. The predicted molar refractivity (Wildman–Crippen MR) is 255 cm³/mol. The second-order valence-corrected chi connectivity index (χ2v) is 16.5. The van der Waals surface area contributed by atoms with Crippen LogP contribution in [0, 0.1) is 11.8 Å². The van der Waals surface area contributed by atoms with Crippen LogP contribution < -0.4 is 21.7 Å². The van der Waals surface area contributed by atoms with E-state index in [0.29, 0.717) is 90.4 Å². The summed E-state index contributed by atoms with van der Waals surface area (Å²) >= 11 is 0. The van der Waals surface area contributed by atoms with Crippen molar-refractivity contribution in [1.82, 2.24) is 25.3 Å². The van der Waals surface area contributed by atoms with Gasteiger partial charge < -0.3 is 64.6 Å². The zero-order chi connectivity index (χ0) is 49.4. The fraction of sp³-hybridized carbons (Fsp3) is 0.609. The topological polar surface area (TPSA) is 239 Å². The lowest BCUT2D eigenvalue weighted by Crippen LogP contribution is -2.45. The minimum atomic E-state index is -0.822. The molecule has 21 heteroatoms. The number of nitrogens with two attached hydrogens (primary N) is 1. The molecule has 0 spiro atoms. The minimum Gasteiger partial charge on any atom is -0.475 e. The zero-order valence-corrected chi connectivity index (χ0v) is 40.9. The van der Waals surface area contributed by atoms with E-state index in [1.165, 1.54) is 12.2 Å². The first-order valence-electron chi connectivity index (χ1n) is 22.5. The number of carbonyl (C=O) groups excluding carboxylic acids is 6. The molecule has 0 saturated heterocycles. The van der Waals surface area contributed by atoms with Crippen molar-refractivity contribution < 1.29 is 61.9 Å². The summed E-state index contributed by atoms with van der Waals surface area (Å²) in [5.74, 6) is -2.13. The average Bonchev–Trinajstić information content (AvgIpc) is 3.61. The molecule has 0 bridgehead atoms. The monoisotopic (exact) mass is 964 g/mol. The third-order valence-electron chi connectivity index (χ3n) is 10.2. The summed E-state index contributed by atoms with van der Waals surface area (Å²) in [4.78, 5) is 79.3. The zero-order valence-electron chi connectivity index (χ0n) is 39.8. The number of imide groups is 1. The summed E-state index contributed by atoms with van der Waals surface area (Å²) in [6, 6.07) is 5.67. The summed E-state index contributed by atoms with van der Waals surface area (Å²) in [5, 5.41) is 8.24. The molecule has 0 fully saturated rings. The van der Waals surface area contributed by atoms with Gasteiger partial charge in [0.1, 0.15) is 6.61 Å². The molecule has 0 radical (unpaired) electrons. The number of ether oxygens (including phenoxy) is 7. The second-order valence-electron chi connectivity index (χ2n) is 15.9. The number of rotatable bonds is 40. The van der Waals surface area contributed by atoms with E-state index >= 15 is 0 Å². The van der Waals surface area contributed by atoms with Crippen molar-refractivity contribution in [3.8, 4) is 0 Å². The van der Waals surface area contributed by atoms with Gasteiger partial charge in [-0.3, -0.25) is 28.9 Å². The van der Waals surface area contributed by atoms with E-state index in [1.54, 1.807) is 12.1 Å². The molecule has 1 heterocycles. The van der Waals surface area contributed by atoms with E-state index in [1.807, 2.05) is 49.9 Å². The van der Waals surface area contributed by atoms with Crippen molar-refractivity contribution in [2.75, 3.05) is 125 Å². The minimum absolute atomic E-state index is 0.0304. The Balaban J connectivity index is 1.63. The lowest BCUT2D eigenvalue weighted by atomic mass is 9.89. The normalized spacial score (nSPS) is 13.1. The molecule has 2 rings (SSSR count). The fourth-order valence-corrected chi connectivity index (χ4v) is 6.20. The summed E-state index contributed by atoms with van der Waals surface area (Å²) in [5.41, 5.74) is 7.51. The average molecular weight is 964 g/mol. The van der Waals surface area contributed by atoms with E-state index in [-0.39, 0.29) is 87.7 Å². The van der Waals surface area contributed by atoms with Gasteiger partial charge in [-0.1, -0.05) is 41.8 Å². The highest BCUT2D eigenvalue weighted by Crippen LogP contribution is 2.20. The number of amides is 6. The lowest BCUT2D eigenvalue weighted by Gasteiger charge is -2.26. The van der Waals surface area contributed by atoms with Gasteiger partial charge in [0, 0.05) is 75.8 Å². The Morgan fingerprint density at radius 3 is 1.78 bits per heavy atom. The molecular weight excluding hydrogens is 890 g/mol. The molecular formula is C46H74N7O13P. The molecule has 0 saturated carbocycles. The van der Waals surface area contributed by atoms with Gasteiger partial charge in [-0.2, -0.15) is 0 Å². The summed E-state index contributed by atoms with van der Waals surface area (Å²) < 4.78 is 38.7. The highest BCUT2D eigenvalue weighted by Gasteiger charge is 2.29. The molecule has 1 aliphatic rings. The third kappa shape index (κ3) is 26.3. The van der Waals surface area contributed by atoms with Crippen LogP contribution in [0.25, 0.3) is 0 Å². The van der Waals surface area contributed by atoms with Crippen molar-refractivity contribution in [2.24, 2.45) is 17.6 Å². The van der Waals surface area contributed by atoms with Gasteiger partial charge in [0.15, 0.2) is 11.7 Å². The first-order chi connectivity index (χ1) is 32.1. The van der Waals surface area contributed by atoms with Crippen molar-refractivity contribution in [3.05, 3.63) is 66.5 Å². The molecule has 1 aliphatic heterocycles. The Labute approximate surface area is 397 Å². The van der Waals surface area contributed by atoms with Gasteiger partial charge in [-0.05, 0) is 43.0 Å². The first-order valence-corrected chi connectivity index (χ1v) is 23.1. The molecule has 1 unspecified atom stereocenters. The maximum atomic E-state index is 13.6. The number of carbonyl (C=O) groups is 6. The largest absolute Gasteiger partial charge is 0.475 e. The SMILES string of the molecule is C=C(P)N(C)CCN(C)C(=C)OCc1ccc(NC(=O)[C@H](CCCNC(N)=O)CC(=O)[C@@H](NC(=O)CCOCCOCCOCCOCCOCCOCCN2C(=O)C=CC2=O)C(C)C)cc1. The van der Waals surface area contributed by atoms with Gasteiger partial charge in [-0.15, -0.1) is 0 Å². The molecule has 1 aromatic carbocycles. The smallest absolute Gasteiger partial charge is 0.312 e. The number of urea groups is 1. The number of Topliss-reactive ketones (excluding diaryl/α,β-unsaturated/α-hetero) is 1. The van der Waals surface area contributed by atoms with Crippen LogP contribution >= 0.6 is 9.24 Å². The van der Waals surface area contributed by atoms with Crippen molar-refractivity contribution in [2.45, 2.75) is 52.2 Å². The van der Waals surface area contributed by atoms with Gasteiger partial charge in [0.25, 0.3) is 11.8 Å². The first kappa shape index (κ1) is 58.2. The quantitative estimate of drug-likeness (QED) is 0.0320. The Bertz CT molecular complexity index is 1720. The summed E-state index contributed by atoms with van der Waals surface area (Å²) in [7, 11) is 6.43. The van der Waals surface area contributed by atoms with Crippen LogP contribution in [-0.4, -0.2) is 176 Å². The molecule has 20 nitrogen and oxygen atoms in total. The van der Waals surface area contributed by atoms with Crippen LogP contribution in [0.2, 0.25) is 0 Å². The Hall–Kier alpha value is -4.95. The number of primary amides is 1.